The van der Waals surface area contributed by atoms with Crippen LogP contribution in [0.15, 0.2) is 83.2 Å². The van der Waals surface area contributed by atoms with E-state index in [9.17, 15) is 0 Å². The van der Waals surface area contributed by atoms with Gasteiger partial charge in [-0.05, 0) is 49.8 Å². The molecule has 0 saturated carbocycles. The van der Waals surface area contributed by atoms with Gasteiger partial charge in [-0.1, -0.05) is 36.4 Å². The Morgan fingerprint density at radius 1 is 1.07 bits per heavy atom. The lowest BCUT2D eigenvalue weighted by Gasteiger charge is -2.09. The lowest BCUT2D eigenvalue weighted by molar-refractivity contribution is 0.303. The topological polar surface area (TPSA) is 42.3 Å². The summed E-state index contributed by atoms with van der Waals surface area (Å²) in [6.45, 7) is 4.15. The van der Waals surface area contributed by atoms with Crippen LogP contribution in [-0.4, -0.2) is 22.4 Å². The first-order valence-electron chi connectivity index (χ1n) is 9.94. The molecule has 0 amide bonds. The number of para-hydroxylation sites is 2. The summed E-state index contributed by atoms with van der Waals surface area (Å²) in [7, 11) is 1.69. The van der Waals surface area contributed by atoms with Crippen molar-refractivity contribution in [3.63, 3.8) is 0 Å². The number of hydrogen-bond donors (Lipinski definition) is 1. The van der Waals surface area contributed by atoms with Crippen molar-refractivity contribution in [2.24, 2.45) is 4.99 Å². The molecule has 0 aliphatic carbocycles. The number of hydrogen-bond acceptors (Lipinski definition) is 2. The molecule has 1 aliphatic rings. The number of nitrogens with one attached hydrogen (secondary N) is 1. The Hall–Kier alpha value is -3.79. The number of aromatic nitrogens is 2. The minimum Gasteiger partial charge on any atom is -0.494 e. The number of fused-ring (bicyclic) bond motifs is 1. The average molecular weight is 392 g/mol. The molecule has 4 heteroatoms. The van der Waals surface area contributed by atoms with Crippen molar-refractivity contribution < 1.29 is 4.74 Å². The van der Waals surface area contributed by atoms with Crippen molar-refractivity contribution in [1.82, 2.24) is 9.55 Å². The molecular formula is C26H22N3O. The first-order chi connectivity index (χ1) is 14.6. The van der Waals surface area contributed by atoms with Gasteiger partial charge in [-0.15, -0.1) is 0 Å². The summed E-state index contributed by atoms with van der Waals surface area (Å²) < 4.78 is 7.86. The standard InChI is InChI=1S/C26H22N3O/c1-17-13-18(2)27-21(17)15-23-26(30-3)16-22(28-23)25-14-19-9-7-8-12-24(19)29(25)20-10-5-4-6-11-20/h4-10,12-16,27H,1-3H3. The molecule has 0 saturated heterocycles. The van der Waals surface area contributed by atoms with Crippen molar-refractivity contribution in [2.45, 2.75) is 13.8 Å². The number of benzene rings is 2. The molecule has 0 atom stereocenters. The second-order valence-electron chi connectivity index (χ2n) is 7.46. The normalized spacial score (nSPS) is 15.0. The molecule has 0 bridgehead atoms. The van der Waals surface area contributed by atoms with Gasteiger partial charge in [0.2, 0.25) is 0 Å². The summed E-state index contributed by atoms with van der Waals surface area (Å²) in [4.78, 5) is 8.33. The van der Waals surface area contributed by atoms with Gasteiger partial charge in [-0.2, -0.15) is 0 Å². The monoisotopic (exact) mass is 392 g/mol. The van der Waals surface area contributed by atoms with Crippen LogP contribution in [0.25, 0.3) is 22.7 Å². The fourth-order valence-electron chi connectivity index (χ4n) is 3.98. The highest BCUT2D eigenvalue weighted by molar-refractivity contribution is 6.14. The molecule has 0 fully saturated rings. The summed E-state index contributed by atoms with van der Waals surface area (Å²) >= 11 is 0. The first kappa shape index (κ1) is 18.3. The summed E-state index contributed by atoms with van der Waals surface area (Å²) in [6.07, 6.45) is 4.05. The molecule has 0 unspecified atom stereocenters. The van der Waals surface area contributed by atoms with Gasteiger partial charge in [0.1, 0.15) is 11.5 Å². The summed E-state index contributed by atoms with van der Waals surface area (Å²) in [5.41, 5.74) is 8.16. The van der Waals surface area contributed by atoms with Gasteiger partial charge in [0.05, 0.1) is 29.7 Å². The van der Waals surface area contributed by atoms with Crippen LogP contribution in [0.1, 0.15) is 22.6 Å². The van der Waals surface area contributed by atoms with Crippen LogP contribution in [0.5, 0.6) is 0 Å². The second kappa shape index (κ2) is 7.23. The Balaban J connectivity index is 1.69. The zero-order chi connectivity index (χ0) is 20.7. The van der Waals surface area contributed by atoms with Crippen LogP contribution in [0.3, 0.4) is 0 Å². The van der Waals surface area contributed by atoms with Crippen LogP contribution in [0.2, 0.25) is 0 Å². The highest BCUT2D eigenvalue weighted by Crippen LogP contribution is 2.30. The maximum absolute atomic E-state index is 5.66. The van der Waals surface area contributed by atoms with Crippen molar-refractivity contribution >= 4 is 22.7 Å². The van der Waals surface area contributed by atoms with E-state index < -0.39 is 0 Å². The van der Waals surface area contributed by atoms with E-state index in [-0.39, 0.29) is 0 Å². The van der Waals surface area contributed by atoms with Crippen LogP contribution in [-0.2, 0) is 4.74 Å². The highest BCUT2D eigenvalue weighted by Gasteiger charge is 2.21. The molecule has 30 heavy (non-hydrogen) atoms. The quantitative estimate of drug-likeness (QED) is 0.472. The number of methoxy groups -OCH3 is 1. The van der Waals surface area contributed by atoms with Crippen LogP contribution >= 0.6 is 0 Å². The summed E-state index contributed by atoms with van der Waals surface area (Å²) in [6, 6.07) is 24.0. The van der Waals surface area contributed by atoms with Crippen molar-refractivity contribution in [3.05, 3.63) is 107 Å². The third-order valence-electron chi connectivity index (χ3n) is 5.36. The van der Waals surface area contributed by atoms with Gasteiger partial charge in [0.25, 0.3) is 0 Å². The third kappa shape index (κ3) is 3.07. The molecule has 2 aromatic heterocycles. The largest absolute Gasteiger partial charge is 0.494 e. The van der Waals surface area contributed by atoms with E-state index in [0.717, 1.165) is 50.8 Å². The van der Waals surface area contributed by atoms with E-state index >= 15 is 0 Å². The Bertz CT molecular complexity index is 1330. The Morgan fingerprint density at radius 3 is 2.63 bits per heavy atom. The fraction of sp³-hybridized carbons (Fsp3) is 0.115. The molecule has 1 N–H and O–H groups in total. The number of aryl methyl sites for hydroxylation is 2. The van der Waals surface area contributed by atoms with Crippen molar-refractivity contribution in [1.29, 1.82) is 0 Å². The fourth-order valence-corrected chi connectivity index (χ4v) is 3.98. The van der Waals surface area contributed by atoms with Crippen molar-refractivity contribution in [3.8, 4) is 5.69 Å². The number of aromatic amines is 1. The van der Waals surface area contributed by atoms with Gasteiger partial charge in [0.15, 0.2) is 0 Å². The average Bonchev–Trinajstić information content (AvgIpc) is 3.43. The zero-order valence-electron chi connectivity index (χ0n) is 17.2. The molecule has 4 nitrogen and oxygen atoms in total. The number of nitrogens with zero attached hydrogens (tertiary/aromatic N) is 2. The van der Waals surface area contributed by atoms with Gasteiger partial charge in [-0.25, -0.2) is 4.99 Å². The Labute approximate surface area is 175 Å². The number of allylic oxidation sites excluding steroid dienone is 1. The van der Waals surface area contributed by atoms with E-state index in [0.29, 0.717) is 0 Å². The molecule has 1 radical (unpaired) electrons. The molecule has 3 heterocycles. The van der Waals surface area contributed by atoms with Gasteiger partial charge in [-0.3, -0.25) is 0 Å². The minimum atomic E-state index is 0.755. The lowest BCUT2D eigenvalue weighted by Crippen LogP contribution is -2.05. The van der Waals surface area contributed by atoms with E-state index in [1.807, 2.05) is 30.4 Å². The molecule has 5 rings (SSSR count). The van der Waals surface area contributed by atoms with E-state index in [4.69, 9.17) is 9.73 Å². The Kier molecular flexibility index (Phi) is 4.40. The van der Waals surface area contributed by atoms with Gasteiger partial charge >= 0.3 is 0 Å². The third-order valence-corrected chi connectivity index (χ3v) is 5.36. The van der Waals surface area contributed by atoms with E-state index in [2.05, 4.69) is 71.9 Å². The molecule has 2 aromatic carbocycles. The van der Waals surface area contributed by atoms with Crippen molar-refractivity contribution in [2.75, 3.05) is 7.11 Å². The van der Waals surface area contributed by atoms with Crippen LogP contribution < -0.4 is 0 Å². The number of H-pyrrole nitrogens is 1. The SMILES string of the molecule is COC1=CC(c2cc3ccccc3n2-c2[c]cccc2)=NC1=Cc1[nH]c(C)cc1C. The maximum Gasteiger partial charge on any atom is 0.146 e. The summed E-state index contributed by atoms with van der Waals surface area (Å²) in [5, 5.41) is 1.16. The van der Waals surface area contributed by atoms with E-state index in [1.165, 1.54) is 5.56 Å². The predicted octanol–water partition coefficient (Wildman–Crippen LogP) is 5.75. The number of ether oxygens (including phenoxy) is 1. The molecular weight excluding hydrogens is 370 g/mol. The second-order valence-corrected chi connectivity index (χ2v) is 7.46. The predicted molar refractivity (Wildman–Crippen MR) is 122 cm³/mol. The molecule has 1 aliphatic heterocycles. The highest BCUT2D eigenvalue weighted by atomic mass is 16.5. The smallest absolute Gasteiger partial charge is 0.146 e. The summed E-state index contributed by atoms with van der Waals surface area (Å²) in [5.74, 6) is 0.755. The molecule has 147 valence electrons. The van der Waals surface area contributed by atoms with Crippen LogP contribution in [0.4, 0.5) is 0 Å². The van der Waals surface area contributed by atoms with E-state index in [1.54, 1.807) is 7.11 Å². The number of aliphatic imine (C=N–C) groups is 1. The Morgan fingerprint density at radius 2 is 1.90 bits per heavy atom. The zero-order valence-corrected chi connectivity index (χ0v) is 17.2. The lowest BCUT2D eigenvalue weighted by atomic mass is 10.2. The molecule has 0 spiro atoms. The van der Waals surface area contributed by atoms with Crippen LogP contribution in [0, 0.1) is 19.9 Å². The number of rotatable bonds is 4. The first-order valence-corrected chi connectivity index (χ1v) is 9.94. The molecule has 4 aromatic rings. The van der Waals surface area contributed by atoms with Gasteiger partial charge < -0.3 is 14.3 Å². The maximum atomic E-state index is 5.66. The van der Waals surface area contributed by atoms with Gasteiger partial charge in [0, 0.05) is 28.9 Å². The minimum absolute atomic E-state index is 0.755.